The van der Waals surface area contributed by atoms with Gasteiger partial charge in [-0.25, -0.2) is 9.97 Å². The van der Waals surface area contributed by atoms with E-state index >= 15 is 0 Å². The van der Waals surface area contributed by atoms with Crippen molar-refractivity contribution >= 4 is 29.2 Å². The molecule has 0 bridgehead atoms. The van der Waals surface area contributed by atoms with Crippen molar-refractivity contribution in [2.75, 3.05) is 16.8 Å². The zero-order valence-electron chi connectivity index (χ0n) is 10.1. The maximum Gasteiger partial charge on any atom is 0.137 e. The molecule has 1 atom stereocenters. The first kappa shape index (κ1) is 13.0. The largest absolute Gasteiger partial charge is 0.366 e. The molecule has 0 aliphatic carbocycles. The van der Waals surface area contributed by atoms with E-state index in [0.717, 1.165) is 30.0 Å². The van der Waals surface area contributed by atoms with Crippen molar-refractivity contribution in [2.45, 2.75) is 38.6 Å². The highest BCUT2D eigenvalue weighted by molar-refractivity contribution is 7.99. The second-order valence-corrected chi connectivity index (χ2v) is 5.81. The molecule has 1 saturated heterocycles. The molecule has 0 aromatic carbocycles. The zero-order chi connectivity index (χ0) is 12.1. The third-order valence-electron chi connectivity index (χ3n) is 2.89. The highest BCUT2D eigenvalue weighted by Gasteiger charge is 2.16. The summed E-state index contributed by atoms with van der Waals surface area (Å²) in [6, 6.07) is 0.523. The Morgan fingerprint density at radius 1 is 1.53 bits per heavy atom. The quantitative estimate of drug-likeness (QED) is 0.852. The van der Waals surface area contributed by atoms with Crippen molar-refractivity contribution < 1.29 is 0 Å². The average molecular weight is 272 g/mol. The van der Waals surface area contributed by atoms with E-state index in [4.69, 9.17) is 11.6 Å². The summed E-state index contributed by atoms with van der Waals surface area (Å²) in [7, 11) is 0. The van der Waals surface area contributed by atoms with Crippen LogP contribution >= 0.6 is 23.4 Å². The molecule has 1 N–H and O–H groups in total. The van der Waals surface area contributed by atoms with Crippen LogP contribution in [-0.4, -0.2) is 27.5 Å². The average Bonchev–Trinajstić information content (AvgIpc) is 2.35. The summed E-state index contributed by atoms with van der Waals surface area (Å²) < 4.78 is 0. The van der Waals surface area contributed by atoms with Gasteiger partial charge in [-0.1, -0.05) is 24.9 Å². The van der Waals surface area contributed by atoms with E-state index in [-0.39, 0.29) is 0 Å². The van der Waals surface area contributed by atoms with E-state index in [0.29, 0.717) is 11.2 Å². The van der Waals surface area contributed by atoms with Crippen LogP contribution < -0.4 is 5.32 Å². The van der Waals surface area contributed by atoms with Gasteiger partial charge in [0.05, 0.1) is 0 Å². The smallest absolute Gasteiger partial charge is 0.137 e. The van der Waals surface area contributed by atoms with Gasteiger partial charge in [0.2, 0.25) is 0 Å². The highest BCUT2D eigenvalue weighted by atomic mass is 35.5. The zero-order valence-corrected chi connectivity index (χ0v) is 11.7. The van der Waals surface area contributed by atoms with Crippen LogP contribution in [-0.2, 0) is 6.42 Å². The van der Waals surface area contributed by atoms with Gasteiger partial charge in [-0.2, -0.15) is 11.8 Å². The summed E-state index contributed by atoms with van der Waals surface area (Å²) in [6.07, 6.45) is 6.04. The van der Waals surface area contributed by atoms with Crippen LogP contribution in [0.15, 0.2) is 6.33 Å². The molecule has 0 saturated carbocycles. The minimum Gasteiger partial charge on any atom is -0.366 e. The molecule has 1 aromatic heterocycles. The number of anilines is 1. The molecule has 1 aromatic rings. The van der Waals surface area contributed by atoms with Crippen LogP contribution in [0.3, 0.4) is 0 Å². The maximum atomic E-state index is 6.13. The number of aromatic nitrogens is 2. The Hall–Kier alpha value is -0.480. The summed E-state index contributed by atoms with van der Waals surface area (Å²) in [4.78, 5) is 8.40. The number of nitrogens with zero attached hydrogens (tertiary/aromatic N) is 2. The van der Waals surface area contributed by atoms with Crippen molar-refractivity contribution in [3.63, 3.8) is 0 Å². The summed E-state index contributed by atoms with van der Waals surface area (Å²) in [5, 5.41) is 4.11. The van der Waals surface area contributed by atoms with E-state index in [2.05, 4.69) is 22.2 Å². The van der Waals surface area contributed by atoms with Crippen molar-refractivity contribution in [1.29, 1.82) is 0 Å². The normalized spacial score (nSPS) is 20.2. The maximum absolute atomic E-state index is 6.13. The van der Waals surface area contributed by atoms with E-state index in [1.54, 1.807) is 6.33 Å². The molecule has 0 spiro atoms. The molecule has 2 rings (SSSR count). The summed E-state index contributed by atoms with van der Waals surface area (Å²) in [5.74, 6) is 3.37. The van der Waals surface area contributed by atoms with Crippen LogP contribution in [0, 0.1) is 0 Å². The van der Waals surface area contributed by atoms with Gasteiger partial charge in [0.25, 0.3) is 0 Å². The number of nitrogens with one attached hydrogen (secondary N) is 1. The van der Waals surface area contributed by atoms with E-state index < -0.39 is 0 Å². The van der Waals surface area contributed by atoms with Crippen LogP contribution in [0.4, 0.5) is 5.82 Å². The van der Waals surface area contributed by atoms with Crippen molar-refractivity contribution in [2.24, 2.45) is 0 Å². The first-order valence-corrected chi connectivity index (χ1v) is 7.68. The molecule has 0 radical (unpaired) electrons. The van der Waals surface area contributed by atoms with E-state index in [1.807, 2.05) is 11.8 Å². The SMILES string of the molecule is CCCc1c(Cl)ncnc1NC1CCCSC1. The molecule has 2 heterocycles. The lowest BCUT2D eigenvalue weighted by Gasteiger charge is -2.24. The highest BCUT2D eigenvalue weighted by Crippen LogP contribution is 2.25. The summed E-state index contributed by atoms with van der Waals surface area (Å²) in [6.45, 7) is 2.14. The summed E-state index contributed by atoms with van der Waals surface area (Å²) >= 11 is 8.14. The predicted molar refractivity (Wildman–Crippen MR) is 75.0 cm³/mol. The molecule has 1 aliphatic rings. The fourth-order valence-corrected chi connectivity index (χ4v) is 3.33. The number of thioether (sulfide) groups is 1. The first-order valence-electron chi connectivity index (χ1n) is 6.15. The molecule has 3 nitrogen and oxygen atoms in total. The Bertz CT molecular complexity index is 367. The van der Waals surface area contributed by atoms with Crippen LogP contribution in [0.2, 0.25) is 5.15 Å². The molecular formula is C12H18ClN3S. The third kappa shape index (κ3) is 3.49. The number of halogens is 1. The Morgan fingerprint density at radius 3 is 3.12 bits per heavy atom. The second kappa shape index (κ2) is 6.45. The lowest BCUT2D eigenvalue weighted by atomic mass is 10.1. The Kier molecular flexibility index (Phi) is 4.92. The Labute approximate surface area is 112 Å². The fourth-order valence-electron chi connectivity index (χ4n) is 2.03. The lowest BCUT2D eigenvalue weighted by Crippen LogP contribution is -2.27. The minimum absolute atomic E-state index is 0.523. The topological polar surface area (TPSA) is 37.8 Å². The van der Waals surface area contributed by atoms with Gasteiger partial charge in [0.1, 0.15) is 17.3 Å². The third-order valence-corrected chi connectivity index (χ3v) is 4.44. The van der Waals surface area contributed by atoms with Gasteiger partial charge in [-0.05, 0) is 25.0 Å². The van der Waals surface area contributed by atoms with Crippen molar-refractivity contribution in [3.8, 4) is 0 Å². The van der Waals surface area contributed by atoms with E-state index in [9.17, 15) is 0 Å². The molecule has 17 heavy (non-hydrogen) atoms. The first-order chi connectivity index (χ1) is 8.31. The fraction of sp³-hybridized carbons (Fsp3) is 0.667. The predicted octanol–water partition coefficient (Wildman–Crippen LogP) is 3.39. The molecule has 5 heteroatoms. The standard InChI is InChI=1S/C12H18ClN3S/c1-2-4-10-11(13)14-8-15-12(10)16-9-5-3-6-17-7-9/h8-9H,2-7H2,1H3,(H,14,15,16). The number of hydrogen-bond acceptors (Lipinski definition) is 4. The van der Waals surface area contributed by atoms with E-state index in [1.165, 1.54) is 18.6 Å². The number of hydrogen-bond donors (Lipinski definition) is 1. The molecule has 94 valence electrons. The van der Waals surface area contributed by atoms with Crippen LogP contribution in [0.1, 0.15) is 31.7 Å². The molecule has 1 aliphatic heterocycles. The minimum atomic E-state index is 0.523. The Balaban J connectivity index is 2.10. The van der Waals surface area contributed by atoms with Gasteiger partial charge in [-0.15, -0.1) is 0 Å². The second-order valence-electron chi connectivity index (χ2n) is 4.30. The van der Waals surface area contributed by atoms with Gasteiger partial charge in [-0.3, -0.25) is 0 Å². The lowest BCUT2D eigenvalue weighted by molar-refractivity contribution is 0.680. The van der Waals surface area contributed by atoms with Gasteiger partial charge >= 0.3 is 0 Å². The molecule has 0 amide bonds. The van der Waals surface area contributed by atoms with Gasteiger partial charge < -0.3 is 5.32 Å². The van der Waals surface area contributed by atoms with Gasteiger partial charge in [0.15, 0.2) is 0 Å². The monoisotopic (exact) mass is 271 g/mol. The van der Waals surface area contributed by atoms with Crippen LogP contribution in [0.5, 0.6) is 0 Å². The number of rotatable bonds is 4. The van der Waals surface area contributed by atoms with Crippen molar-refractivity contribution in [3.05, 3.63) is 17.0 Å². The molecule has 1 unspecified atom stereocenters. The van der Waals surface area contributed by atoms with Gasteiger partial charge in [0, 0.05) is 17.4 Å². The van der Waals surface area contributed by atoms with Crippen LogP contribution in [0.25, 0.3) is 0 Å². The van der Waals surface area contributed by atoms with Crippen molar-refractivity contribution in [1.82, 2.24) is 9.97 Å². The molecular weight excluding hydrogens is 254 g/mol. The summed E-state index contributed by atoms with van der Waals surface area (Å²) in [5.41, 5.74) is 1.06. The Morgan fingerprint density at radius 2 is 2.41 bits per heavy atom. The molecule has 1 fully saturated rings.